The fourth-order valence-electron chi connectivity index (χ4n) is 4.75. The summed E-state index contributed by atoms with van der Waals surface area (Å²) in [6.45, 7) is 3.04. The molecule has 0 spiro atoms. The molecule has 7 heteroatoms. The zero-order valence-corrected chi connectivity index (χ0v) is 21.0. The van der Waals surface area contributed by atoms with E-state index >= 15 is 0 Å². The highest BCUT2D eigenvalue weighted by atomic mass is 127. The van der Waals surface area contributed by atoms with Crippen molar-refractivity contribution < 1.29 is 0 Å². The lowest BCUT2D eigenvalue weighted by atomic mass is 9.73. The highest BCUT2D eigenvalue weighted by molar-refractivity contribution is 14.0. The maximum atomic E-state index is 4.53. The molecule has 2 aliphatic rings. The molecule has 1 aliphatic heterocycles. The van der Waals surface area contributed by atoms with Gasteiger partial charge in [0.25, 0.3) is 0 Å². The van der Waals surface area contributed by atoms with E-state index in [0.717, 1.165) is 44.3 Å². The molecule has 30 heavy (non-hydrogen) atoms. The number of thiophene rings is 1. The predicted octanol–water partition coefficient (Wildman–Crippen LogP) is 4.80. The summed E-state index contributed by atoms with van der Waals surface area (Å²) < 4.78 is 0. The van der Waals surface area contributed by atoms with E-state index in [1.165, 1.54) is 37.0 Å². The third-order valence-electron chi connectivity index (χ3n) is 6.48. The number of aliphatic imine (C=N–C) groups is 1. The quantitative estimate of drug-likeness (QED) is 0.326. The van der Waals surface area contributed by atoms with Crippen molar-refractivity contribution in [3.05, 3.63) is 46.8 Å². The lowest BCUT2D eigenvalue weighted by Crippen LogP contribution is -2.51. The Morgan fingerprint density at radius 1 is 1.17 bits per heavy atom. The number of piperidine rings is 1. The standard InChI is InChI=1S/C23H33N5S.HI/c1-24-22(26-18-23(12-4-2-5-13-23)20-8-7-17-29-20)27-19-10-15-28(16-11-19)21-9-3-6-14-25-21;/h3,6-9,14,17,19H,2,4-5,10-13,15-16,18H2,1H3,(H2,24,26,27);1H. The number of hydrogen-bond acceptors (Lipinski definition) is 4. The van der Waals surface area contributed by atoms with Gasteiger partial charge < -0.3 is 15.5 Å². The molecule has 1 saturated carbocycles. The smallest absolute Gasteiger partial charge is 0.191 e. The molecule has 0 unspecified atom stereocenters. The van der Waals surface area contributed by atoms with Crippen molar-refractivity contribution in [3.63, 3.8) is 0 Å². The summed E-state index contributed by atoms with van der Waals surface area (Å²) in [5.41, 5.74) is 0.270. The zero-order valence-electron chi connectivity index (χ0n) is 17.8. The van der Waals surface area contributed by atoms with Crippen LogP contribution in [0.25, 0.3) is 0 Å². The summed E-state index contributed by atoms with van der Waals surface area (Å²) in [7, 11) is 1.89. The van der Waals surface area contributed by atoms with Gasteiger partial charge in [-0.3, -0.25) is 4.99 Å². The van der Waals surface area contributed by atoms with E-state index in [-0.39, 0.29) is 29.4 Å². The van der Waals surface area contributed by atoms with Gasteiger partial charge in [0.15, 0.2) is 5.96 Å². The van der Waals surface area contributed by atoms with E-state index in [2.05, 4.69) is 55.2 Å². The second-order valence-electron chi connectivity index (χ2n) is 8.34. The van der Waals surface area contributed by atoms with Crippen molar-refractivity contribution in [1.29, 1.82) is 0 Å². The highest BCUT2D eigenvalue weighted by Gasteiger charge is 2.35. The number of hydrogen-bond donors (Lipinski definition) is 2. The summed E-state index contributed by atoms with van der Waals surface area (Å²) in [4.78, 5) is 12.9. The van der Waals surface area contributed by atoms with Crippen molar-refractivity contribution in [3.8, 4) is 0 Å². The molecule has 2 N–H and O–H groups in total. The summed E-state index contributed by atoms with van der Waals surface area (Å²) in [5.74, 6) is 2.03. The molecule has 0 radical (unpaired) electrons. The molecule has 164 valence electrons. The Labute approximate surface area is 201 Å². The number of rotatable bonds is 5. The SMILES string of the molecule is CN=C(NCC1(c2cccs2)CCCCC1)NC1CCN(c2ccccn2)CC1.I. The average Bonchev–Trinajstić information content (AvgIpc) is 3.34. The van der Waals surface area contributed by atoms with Gasteiger partial charge in [0.1, 0.15) is 5.82 Å². The van der Waals surface area contributed by atoms with E-state index in [4.69, 9.17) is 0 Å². The second kappa shape index (κ2) is 11.3. The highest BCUT2D eigenvalue weighted by Crippen LogP contribution is 2.41. The minimum absolute atomic E-state index is 0. The van der Waals surface area contributed by atoms with Crippen LogP contribution in [-0.4, -0.2) is 43.7 Å². The number of halogens is 1. The van der Waals surface area contributed by atoms with Crippen molar-refractivity contribution in [2.24, 2.45) is 4.99 Å². The van der Waals surface area contributed by atoms with Crippen LogP contribution in [0.3, 0.4) is 0 Å². The number of nitrogens with one attached hydrogen (secondary N) is 2. The Hall–Kier alpha value is -1.35. The van der Waals surface area contributed by atoms with Gasteiger partial charge in [0, 0.05) is 49.2 Å². The second-order valence-corrected chi connectivity index (χ2v) is 9.29. The molecule has 0 amide bonds. The number of nitrogens with zero attached hydrogens (tertiary/aromatic N) is 3. The number of aromatic nitrogens is 1. The fourth-order valence-corrected chi connectivity index (χ4v) is 5.74. The van der Waals surface area contributed by atoms with Gasteiger partial charge >= 0.3 is 0 Å². The van der Waals surface area contributed by atoms with E-state index < -0.39 is 0 Å². The average molecular weight is 540 g/mol. The van der Waals surface area contributed by atoms with Crippen LogP contribution >= 0.6 is 35.3 Å². The van der Waals surface area contributed by atoms with Crippen molar-refractivity contribution in [2.45, 2.75) is 56.4 Å². The number of pyridine rings is 1. The molecule has 2 aromatic heterocycles. The molecule has 0 aromatic carbocycles. The maximum Gasteiger partial charge on any atom is 0.191 e. The molecule has 3 heterocycles. The van der Waals surface area contributed by atoms with E-state index in [1.54, 1.807) is 0 Å². The van der Waals surface area contributed by atoms with Crippen LogP contribution in [0.2, 0.25) is 0 Å². The first kappa shape index (κ1) is 23.3. The Morgan fingerprint density at radius 2 is 1.97 bits per heavy atom. The van der Waals surface area contributed by atoms with E-state index in [0.29, 0.717) is 6.04 Å². The lowest BCUT2D eigenvalue weighted by Gasteiger charge is -2.38. The monoisotopic (exact) mass is 539 g/mol. The fraction of sp³-hybridized carbons (Fsp3) is 0.565. The predicted molar refractivity (Wildman–Crippen MR) is 138 cm³/mol. The maximum absolute atomic E-state index is 4.53. The van der Waals surface area contributed by atoms with Crippen LogP contribution < -0.4 is 15.5 Å². The zero-order chi connectivity index (χ0) is 19.9. The van der Waals surface area contributed by atoms with Crippen LogP contribution in [-0.2, 0) is 5.41 Å². The summed E-state index contributed by atoms with van der Waals surface area (Å²) in [6.07, 6.45) is 10.7. The van der Waals surface area contributed by atoms with Crippen LogP contribution in [0, 0.1) is 0 Å². The van der Waals surface area contributed by atoms with Crippen molar-refractivity contribution in [1.82, 2.24) is 15.6 Å². The Morgan fingerprint density at radius 3 is 2.60 bits per heavy atom. The van der Waals surface area contributed by atoms with Gasteiger partial charge in [0.05, 0.1) is 0 Å². The van der Waals surface area contributed by atoms with Gasteiger partial charge in [0.2, 0.25) is 0 Å². The Balaban J connectivity index is 0.00000256. The van der Waals surface area contributed by atoms with Crippen LogP contribution in [0.5, 0.6) is 0 Å². The normalized spacial score (nSPS) is 19.8. The van der Waals surface area contributed by atoms with Crippen molar-refractivity contribution >= 4 is 47.1 Å². The van der Waals surface area contributed by atoms with Crippen LogP contribution in [0.15, 0.2) is 46.9 Å². The molecular formula is C23H34IN5S. The molecule has 2 aromatic rings. The molecule has 0 bridgehead atoms. The minimum Gasteiger partial charge on any atom is -0.356 e. The van der Waals surface area contributed by atoms with Crippen LogP contribution in [0.4, 0.5) is 5.82 Å². The van der Waals surface area contributed by atoms with Gasteiger partial charge in [-0.05, 0) is 49.3 Å². The largest absolute Gasteiger partial charge is 0.356 e. The number of guanidine groups is 1. The van der Waals surface area contributed by atoms with Gasteiger partial charge in [-0.15, -0.1) is 35.3 Å². The molecule has 4 rings (SSSR count). The Bertz CT molecular complexity index is 766. The van der Waals surface area contributed by atoms with E-state index in [9.17, 15) is 0 Å². The topological polar surface area (TPSA) is 52.6 Å². The molecule has 1 aliphatic carbocycles. The lowest BCUT2D eigenvalue weighted by molar-refractivity contribution is 0.295. The molecular weight excluding hydrogens is 505 g/mol. The van der Waals surface area contributed by atoms with Gasteiger partial charge in [-0.1, -0.05) is 31.4 Å². The van der Waals surface area contributed by atoms with E-state index in [1.807, 2.05) is 30.6 Å². The first-order valence-corrected chi connectivity index (χ1v) is 11.8. The van der Waals surface area contributed by atoms with Crippen molar-refractivity contribution in [2.75, 3.05) is 31.6 Å². The van der Waals surface area contributed by atoms with Gasteiger partial charge in [-0.2, -0.15) is 0 Å². The first-order valence-electron chi connectivity index (χ1n) is 11.0. The molecule has 5 nitrogen and oxygen atoms in total. The molecule has 2 fully saturated rings. The molecule has 0 atom stereocenters. The third kappa shape index (κ3) is 5.66. The molecule has 1 saturated heterocycles. The minimum atomic E-state index is 0. The first-order chi connectivity index (χ1) is 14.3. The number of anilines is 1. The van der Waals surface area contributed by atoms with Crippen LogP contribution in [0.1, 0.15) is 49.8 Å². The van der Waals surface area contributed by atoms with Gasteiger partial charge in [-0.25, -0.2) is 4.98 Å². The summed E-state index contributed by atoms with van der Waals surface area (Å²) in [6, 6.07) is 11.1. The Kier molecular flexibility index (Phi) is 8.80. The summed E-state index contributed by atoms with van der Waals surface area (Å²) >= 11 is 1.91. The third-order valence-corrected chi connectivity index (χ3v) is 7.60. The summed E-state index contributed by atoms with van der Waals surface area (Å²) in [5, 5.41) is 9.57.